The van der Waals surface area contributed by atoms with Crippen molar-refractivity contribution >= 4 is 5.82 Å². The molecule has 2 aromatic rings. The fraction of sp³-hybridized carbons (Fsp3) is 0.529. The van der Waals surface area contributed by atoms with Crippen LogP contribution in [0.3, 0.4) is 0 Å². The number of rotatable bonds is 5. The van der Waals surface area contributed by atoms with Gasteiger partial charge >= 0.3 is 6.01 Å². The number of ether oxygens (including phenoxy) is 2. The molecule has 1 aliphatic heterocycles. The second-order valence-electron chi connectivity index (χ2n) is 6.31. The van der Waals surface area contributed by atoms with Crippen LogP contribution >= 0.6 is 0 Å². The van der Waals surface area contributed by atoms with Gasteiger partial charge in [-0.3, -0.25) is 0 Å². The Morgan fingerprint density at radius 3 is 2.67 bits per heavy atom. The van der Waals surface area contributed by atoms with Crippen molar-refractivity contribution in [1.82, 2.24) is 19.9 Å². The molecule has 2 fully saturated rings. The highest BCUT2D eigenvalue weighted by atomic mass is 16.5. The summed E-state index contributed by atoms with van der Waals surface area (Å²) in [5.41, 5.74) is 1.17. The number of hydrogen-bond acceptors (Lipinski definition) is 7. The molecule has 0 spiro atoms. The monoisotopic (exact) mass is 327 g/mol. The van der Waals surface area contributed by atoms with E-state index < -0.39 is 0 Å². The largest absolute Gasteiger partial charge is 0.494 e. The van der Waals surface area contributed by atoms with Crippen molar-refractivity contribution in [2.45, 2.75) is 37.7 Å². The molecule has 24 heavy (non-hydrogen) atoms. The maximum atomic E-state index is 5.93. The van der Waals surface area contributed by atoms with Crippen molar-refractivity contribution in [3.8, 4) is 11.8 Å². The molecule has 0 amide bonds. The fourth-order valence-electron chi connectivity index (χ4n) is 3.00. The van der Waals surface area contributed by atoms with Crippen molar-refractivity contribution in [2.24, 2.45) is 0 Å². The summed E-state index contributed by atoms with van der Waals surface area (Å²) in [7, 11) is 1.59. The first-order valence-electron chi connectivity index (χ1n) is 8.41. The van der Waals surface area contributed by atoms with Gasteiger partial charge < -0.3 is 14.4 Å². The lowest BCUT2D eigenvalue weighted by atomic mass is 10.1. The molecule has 0 N–H and O–H groups in total. The van der Waals surface area contributed by atoms with Crippen LogP contribution in [0.5, 0.6) is 11.8 Å². The van der Waals surface area contributed by atoms with Crippen LogP contribution in [-0.2, 0) is 0 Å². The Morgan fingerprint density at radius 2 is 1.92 bits per heavy atom. The van der Waals surface area contributed by atoms with E-state index in [-0.39, 0.29) is 6.10 Å². The van der Waals surface area contributed by atoms with Gasteiger partial charge in [0.2, 0.25) is 0 Å². The summed E-state index contributed by atoms with van der Waals surface area (Å²) in [6, 6.07) is 2.52. The summed E-state index contributed by atoms with van der Waals surface area (Å²) in [6.07, 6.45) is 9.53. The van der Waals surface area contributed by atoms with Crippen molar-refractivity contribution in [1.29, 1.82) is 0 Å². The zero-order chi connectivity index (χ0) is 16.4. The van der Waals surface area contributed by atoms with Crippen LogP contribution in [0.4, 0.5) is 5.82 Å². The van der Waals surface area contributed by atoms with Crippen molar-refractivity contribution in [3.63, 3.8) is 0 Å². The van der Waals surface area contributed by atoms with Gasteiger partial charge in [0.25, 0.3) is 0 Å². The summed E-state index contributed by atoms with van der Waals surface area (Å²) in [6.45, 7) is 1.78. The first-order valence-corrected chi connectivity index (χ1v) is 8.41. The smallest absolute Gasteiger partial charge is 0.316 e. The van der Waals surface area contributed by atoms with Crippen LogP contribution in [-0.4, -0.2) is 46.2 Å². The lowest BCUT2D eigenvalue weighted by Gasteiger charge is -2.33. The van der Waals surface area contributed by atoms with E-state index in [1.807, 2.05) is 0 Å². The van der Waals surface area contributed by atoms with Crippen molar-refractivity contribution in [3.05, 3.63) is 30.5 Å². The number of piperidine rings is 1. The molecule has 1 aliphatic carbocycles. The zero-order valence-corrected chi connectivity index (χ0v) is 13.8. The van der Waals surface area contributed by atoms with Crippen LogP contribution in [0.25, 0.3) is 0 Å². The Morgan fingerprint density at radius 1 is 1.08 bits per heavy atom. The molecule has 1 saturated heterocycles. The molecule has 3 heterocycles. The van der Waals surface area contributed by atoms with Crippen LogP contribution < -0.4 is 14.4 Å². The molecule has 1 atom stereocenters. The predicted molar refractivity (Wildman–Crippen MR) is 88.5 cm³/mol. The molecular weight excluding hydrogens is 306 g/mol. The molecule has 2 aliphatic rings. The summed E-state index contributed by atoms with van der Waals surface area (Å²) in [5.74, 6) is 2.26. The number of aromatic nitrogens is 4. The molecule has 1 saturated carbocycles. The van der Waals surface area contributed by atoms with Crippen LogP contribution in [0.1, 0.15) is 37.3 Å². The number of nitrogens with zero attached hydrogens (tertiary/aromatic N) is 5. The normalized spacial score (nSPS) is 20.7. The summed E-state index contributed by atoms with van der Waals surface area (Å²) in [5, 5.41) is 0. The van der Waals surface area contributed by atoms with E-state index in [4.69, 9.17) is 9.47 Å². The number of anilines is 1. The van der Waals surface area contributed by atoms with Crippen LogP contribution in [0.2, 0.25) is 0 Å². The Labute approximate surface area is 141 Å². The molecule has 0 bridgehead atoms. The van der Waals surface area contributed by atoms with Gasteiger partial charge in [-0.1, -0.05) is 0 Å². The van der Waals surface area contributed by atoms with Crippen LogP contribution in [0.15, 0.2) is 24.8 Å². The Balaban J connectivity index is 1.42. The Hall–Kier alpha value is -2.44. The van der Waals surface area contributed by atoms with Crippen molar-refractivity contribution in [2.75, 3.05) is 25.1 Å². The molecule has 2 aromatic heterocycles. The molecule has 0 radical (unpaired) electrons. The van der Waals surface area contributed by atoms with Gasteiger partial charge in [-0.05, 0) is 25.7 Å². The Bertz CT molecular complexity index is 690. The Kier molecular flexibility index (Phi) is 4.15. The van der Waals surface area contributed by atoms with Crippen molar-refractivity contribution < 1.29 is 9.47 Å². The van der Waals surface area contributed by atoms with Gasteiger partial charge in [0.05, 0.1) is 26.0 Å². The molecule has 7 nitrogen and oxygen atoms in total. The topological polar surface area (TPSA) is 73.3 Å². The highest BCUT2D eigenvalue weighted by Gasteiger charge is 2.27. The molecule has 0 aromatic carbocycles. The minimum absolute atomic E-state index is 0.0616. The van der Waals surface area contributed by atoms with E-state index in [2.05, 4.69) is 30.9 Å². The quantitative estimate of drug-likeness (QED) is 0.833. The number of hydrogen-bond donors (Lipinski definition) is 0. The van der Waals surface area contributed by atoms with Gasteiger partial charge in [0.15, 0.2) is 5.75 Å². The zero-order valence-electron chi connectivity index (χ0n) is 13.8. The average molecular weight is 327 g/mol. The highest BCUT2D eigenvalue weighted by molar-refractivity contribution is 5.41. The van der Waals surface area contributed by atoms with E-state index in [1.165, 1.54) is 18.5 Å². The maximum absolute atomic E-state index is 5.93. The van der Waals surface area contributed by atoms with E-state index in [1.54, 1.807) is 25.8 Å². The summed E-state index contributed by atoms with van der Waals surface area (Å²) in [4.78, 5) is 19.5. The fourth-order valence-corrected chi connectivity index (χ4v) is 3.00. The molecule has 126 valence electrons. The van der Waals surface area contributed by atoms with Gasteiger partial charge in [0, 0.05) is 24.2 Å². The minimum Gasteiger partial charge on any atom is -0.494 e. The third-order valence-corrected chi connectivity index (χ3v) is 4.48. The molecule has 7 heteroatoms. The predicted octanol–water partition coefficient (Wildman–Crippen LogP) is 2.20. The van der Waals surface area contributed by atoms with Crippen LogP contribution in [0, 0.1) is 0 Å². The molecular formula is C17H21N5O2. The van der Waals surface area contributed by atoms with E-state index >= 15 is 0 Å². The SMILES string of the molecule is COc1cnc(OC2CCCN(c3cc(C4CC4)ncn3)C2)nc1. The first kappa shape index (κ1) is 15.1. The second-order valence-corrected chi connectivity index (χ2v) is 6.31. The van der Waals surface area contributed by atoms with E-state index in [0.717, 1.165) is 31.7 Å². The lowest BCUT2D eigenvalue weighted by Crippen LogP contribution is -2.41. The number of methoxy groups -OCH3 is 1. The van der Waals surface area contributed by atoms with E-state index in [0.29, 0.717) is 17.7 Å². The lowest BCUT2D eigenvalue weighted by molar-refractivity contribution is 0.163. The highest BCUT2D eigenvalue weighted by Crippen LogP contribution is 2.39. The van der Waals surface area contributed by atoms with Gasteiger partial charge in [-0.2, -0.15) is 9.97 Å². The average Bonchev–Trinajstić information content (AvgIpc) is 3.48. The first-order chi connectivity index (χ1) is 11.8. The summed E-state index contributed by atoms with van der Waals surface area (Å²) < 4.78 is 11.0. The molecule has 1 unspecified atom stereocenters. The summed E-state index contributed by atoms with van der Waals surface area (Å²) >= 11 is 0. The third-order valence-electron chi connectivity index (χ3n) is 4.48. The molecule has 4 rings (SSSR count). The third kappa shape index (κ3) is 3.39. The second kappa shape index (κ2) is 6.59. The van der Waals surface area contributed by atoms with Gasteiger partial charge in [0.1, 0.15) is 18.2 Å². The van der Waals surface area contributed by atoms with E-state index in [9.17, 15) is 0 Å². The minimum atomic E-state index is 0.0616. The maximum Gasteiger partial charge on any atom is 0.316 e. The standard InChI is InChI=1S/C17H21N5O2/c1-23-14-8-18-17(19-9-14)24-13-3-2-6-22(10-13)16-7-15(12-4-5-12)20-11-21-16/h7-9,11-13H,2-6,10H2,1H3. The van der Waals surface area contributed by atoms with Gasteiger partial charge in [-0.15, -0.1) is 0 Å². The van der Waals surface area contributed by atoms with Gasteiger partial charge in [-0.25, -0.2) is 9.97 Å².